The molecule has 1 saturated heterocycles. The minimum Gasteiger partial charge on any atom is -0.298 e. The normalized spacial score (nSPS) is 27.6. The van der Waals surface area contributed by atoms with Gasteiger partial charge in [-0.25, -0.2) is 0 Å². The first-order valence-corrected chi connectivity index (χ1v) is 4.81. The van der Waals surface area contributed by atoms with Gasteiger partial charge in [-0.15, -0.1) is 23.2 Å². The summed E-state index contributed by atoms with van der Waals surface area (Å²) >= 11 is 11.4. The maximum atomic E-state index is 5.75. The van der Waals surface area contributed by atoms with Gasteiger partial charge in [0.25, 0.3) is 0 Å². The van der Waals surface area contributed by atoms with E-state index in [1.165, 1.54) is 19.4 Å². The van der Waals surface area contributed by atoms with Gasteiger partial charge in [0.05, 0.1) is 0 Å². The summed E-state index contributed by atoms with van der Waals surface area (Å²) < 4.78 is 0. The highest BCUT2D eigenvalue weighted by Crippen LogP contribution is 2.17. The van der Waals surface area contributed by atoms with Crippen molar-refractivity contribution in [2.45, 2.75) is 18.9 Å². The van der Waals surface area contributed by atoms with Crippen molar-refractivity contribution in [3.05, 3.63) is 0 Å². The summed E-state index contributed by atoms with van der Waals surface area (Å²) in [4.78, 5) is 2.38. The summed E-state index contributed by atoms with van der Waals surface area (Å²) in [6, 6.07) is 0.598. The van der Waals surface area contributed by atoms with E-state index in [1.807, 2.05) is 0 Å². The molecule has 10 heavy (non-hydrogen) atoms. The van der Waals surface area contributed by atoms with Crippen LogP contribution in [0.5, 0.6) is 0 Å². The van der Waals surface area contributed by atoms with E-state index < -0.39 is 0 Å². The van der Waals surface area contributed by atoms with E-state index in [0.29, 0.717) is 6.04 Å². The van der Waals surface area contributed by atoms with Crippen molar-refractivity contribution >= 4 is 23.2 Å². The summed E-state index contributed by atoms with van der Waals surface area (Å²) in [6.45, 7) is 2.18. The molecule has 0 radical (unpaired) electrons. The van der Waals surface area contributed by atoms with E-state index in [0.717, 1.165) is 18.3 Å². The van der Waals surface area contributed by atoms with Crippen LogP contribution in [0.2, 0.25) is 0 Å². The van der Waals surface area contributed by atoms with Crippen molar-refractivity contribution in [2.75, 3.05) is 24.8 Å². The molecule has 1 aliphatic heterocycles. The minimum atomic E-state index is 0.598. The molecular formula is C7H13Cl2N. The second-order valence-corrected chi connectivity index (χ2v) is 3.36. The van der Waals surface area contributed by atoms with Crippen LogP contribution in [0.3, 0.4) is 0 Å². The van der Waals surface area contributed by atoms with E-state index in [1.54, 1.807) is 0 Å². The molecule has 0 aromatic carbocycles. The van der Waals surface area contributed by atoms with Gasteiger partial charge in [-0.1, -0.05) is 0 Å². The Kier molecular flexibility index (Phi) is 3.82. The Bertz CT molecular complexity index is 97.6. The predicted molar refractivity (Wildman–Crippen MR) is 46.0 cm³/mol. The fourth-order valence-electron chi connectivity index (χ4n) is 1.47. The third-order valence-electron chi connectivity index (χ3n) is 2.05. The van der Waals surface area contributed by atoms with E-state index in [4.69, 9.17) is 23.2 Å². The first-order chi connectivity index (χ1) is 4.88. The van der Waals surface area contributed by atoms with Gasteiger partial charge in [0.2, 0.25) is 0 Å². The third kappa shape index (κ3) is 2.01. The van der Waals surface area contributed by atoms with Gasteiger partial charge in [-0.05, 0) is 19.4 Å². The van der Waals surface area contributed by atoms with E-state index in [9.17, 15) is 0 Å². The van der Waals surface area contributed by atoms with Crippen LogP contribution in [-0.2, 0) is 0 Å². The zero-order valence-corrected chi connectivity index (χ0v) is 7.53. The SMILES string of the molecule is ClCCN1CCC[C@@H]1CCl. The molecule has 1 rings (SSSR count). The van der Waals surface area contributed by atoms with Gasteiger partial charge in [0.1, 0.15) is 0 Å². The Balaban J connectivity index is 2.27. The maximum Gasteiger partial charge on any atom is 0.0379 e. The Morgan fingerprint density at radius 3 is 2.80 bits per heavy atom. The van der Waals surface area contributed by atoms with Gasteiger partial charge in [-0.2, -0.15) is 0 Å². The number of hydrogen-bond donors (Lipinski definition) is 0. The molecule has 3 heteroatoms. The van der Waals surface area contributed by atoms with Crippen LogP contribution in [0.4, 0.5) is 0 Å². The molecule has 1 heterocycles. The first-order valence-electron chi connectivity index (χ1n) is 3.74. The Hall–Kier alpha value is 0.540. The molecule has 0 aromatic heterocycles. The largest absolute Gasteiger partial charge is 0.298 e. The molecular weight excluding hydrogens is 169 g/mol. The zero-order chi connectivity index (χ0) is 7.40. The Morgan fingerprint density at radius 1 is 1.40 bits per heavy atom. The molecule has 0 unspecified atom stereocenters. The molecule has 0 saturated carbocycles. The summed E-state index contributed by atoms with van der Waals surface area (Å²) in [5.74, 6) is 1.49. The number of rotatable bonds is 3. The molecule has 1 nitrogen and oxygen atoms in total. The van der Waals surface area contributed by atoms with E-state index in [2.05, 4.69) is 4.90 Å². The van der Waals surface area contributed by atoms with Crippen LogP contribution in [0.15, 0.2) is 0 Å². The number of likely N-dealkylation sites (tertiary alicyclic amines) is 1. The molecule has 0 aromatic rings. The topological polar surface area (TPSA) is 3.24 Å². The lowest BCUT2D eigenvalue weighted by Gasteiger charge is -2.20. The number of nitrogens with zero attached hydrogens (tertiary/aromatic N) is 1. The van der Waals surface area contributed by atoms with Crippen LogP contribution >= 0.6 is 23.2 Å². The van der Waals surface area contributed by atoms with Crippen LogP contribution in [0.1, 0.15) is 12.8 Å². The van der Waals surface area contributed by atoms with Crippen LogP contribution in [0.25, 0.3) is 0 Å². The second-order valence-electron chi connectivity index (χ2n) is 2.68. The lowest BCUT2D eigenvalue weighted by Crippen LogP contribution is -2.32. The highest BCUT2D eigenvalue weighted by atomic mass is 35.5. The number of alkyl halides is 2. The predicted octanol–water partition coefficient (Wildman–Crippen LogP) is 1.93. The molecule has 1 atom stereocenters. The van der Waals surface area contributed by atoms with Gasteiger partial charge in [0.15, 0.2) is 0 Å². The summed E-state index contributed by atoms with van der Waals surface area (Å²) in [7, 11) is 0. The van der Waals surface area contributed by atoms with Crippen molar-refractivity contribution < 1.29 is 0 Å². The fourth-order valence-corrected chi connectivity index (χ4v) is 2.04. The Labute approximate surface area is 72.3 Å². The molecule has 0 N–H and O–H groups in total. The van der Waals surface area contributed by atoms with Gasteiger partial charge in [-0.3, -0.25) is 4.90 Å². The number of halogens is 2. The first kappa shape index (κ1) is 8.63. The highest BCUT2D eigenvalue weighted by Gasteiger charge is 2.22. The molecule has 0 amide bonds. The molecule has 0 bridgehead atoms. The quantitative estimate of drug-likeness (QED) is 0.603. The highest BCUT2D eigenvalue weighted by molar-refractivity contribution is 6.18. The van der Waals surface area contributed by atoms with Crippen molar-refractivity contribution in [3.63, 3.8) is 0 Å². The molecule has 60 valence electrons. The summed E-state index contributed by atoms with van der Waals surface area (Å²) in [5.41, 5.74) is 0. The number of hydrogen-bond acceptors (Lipinski definition) is 1. The molecule has 0 spiro atoms. The van der Waals surface area contributed by atoms with Crippen LogP contribution in [0, 0.1) is 0 Å². The average Bonchev–Trinajstić information content (AvgIpc) is 2.36. The van der Waals surface area contributed by atoms with Crippen LogP contribution < -0.4 is 0 Å². The molecule has 1 aliphatic rings. The Morgan fingerprint density at radius 2 is 2.20 bits per heavy atom. The van der Waals surface area contributed by atoms with Gasteiger partial charge >= 0.3 is 0 Å². The molecule has 0 aliphatic carbocycles. The third-order valence-corrected chi connectivity index (χ3v) is 2.57. The fraction of sp³-hybridized carbons (Fsp3) is 1.00. The van der Waals surface area contributed by atoms with Gasteiger partial charge in [0, 0.05) is 24.3 Å². The minimum absolute atomic E-state index is 0.598. The maximum absolute atomic E-state index is 5.75. The standard InChI is InChI=1S/C7H13Cl2N/c8-3-5-10-4-1-2-7(10)6-9/h7H,1-6H2/t7-/m1/s1. The molecule has 1 fully saturated rings. The lowest BCUT2D eigenvalue weighted by atomic mass is 10.2. The van der Waals surface area contributed by atoms with E-state index >= 15 is 0 Å². The van der Waals surface area contributed by atoms with Crippen LogP contribution in [-0.4, -0.2) is 35.8 Å². The second kappa shape index (κ2) is 4.42. The van der Waals surface area contributed by atoms with Crippen molar-refractivity contribution in [2.24, 2.45) is 0 Å². The summed E-state index contributed by atoms with van der Waals surface area (Å²) in [6.07, 6.45) is 2.54. The lowest BCUT2D eigenvalue weighted by molar-refractivity contribution is 0.288. The monoisotopic (exact) mass is 181 g/mol. The van der Waals surface area contributed by atoms with E-state index in [-0.39, 0.29) is 0 Å². The van der Waals surface area contributed by atoms with Crippen molar-refractivity contribution in [1.82, 2.24) is 4.90 Å². The average molecular weight is 182 g/mol. The van der Waals surface area contributed by atoms with Gasteiger partial charge < -0.3 is 0 Å². The van der Waals surface area contributed by atoms with Crippen molar-refractivity contribution in [3.8, 4) is 0 Å². The smallest absolute Gasteiger partial charge is 0.0379 e. The summed E-state index contributed by atoms with van der Waals surface area (Å²) in [5, 5.41) is 0. The zero-order valence-electron chi connectivity index (χ0n) is 6.02. The van der Waals surface area contributed by atoms with Crippen molar-refractivity contribution in [1.29, 1.82) is 0 Å².